The predicted molar refractivity (Wildman–Crippen MR) is 120 cm³/mol. The Morgan fingerprint density at radius 2 is 1.97 bits per heavy atom. The van der Waals surface area contributed by atoms with Gasteiger partial charge in [0.05, 0.1) is 17.2 Å². The summed E-state index contributed by atoms with van der Waals surface area (Å²) in [5.41, 5.74) is 0.194. The van der Waals surface area contributed by atoms with Crippen molar-refractivity contribution in [3.8, 4) is 0 Å². The number of nitrogens with zero attached hydrogens (tertiary/aromatic N) is 3. The first-order valence-electron chi connectivity index (χ1n) is 10.4. The van der Waals surface area contributed by atoms with Crippen LogP contribution in [0.2, 0.25) is 0 Å². The van der Waals surface area contributed by atoms with Crippen molar-refractivity contribution in [2.45, 2.75) is 26.3 Å². The molecule has 0 spiro atoms. The van der Waals surface area contributed by atoms with Crippen molar-refractivity contribution in [2.75, 3.05) is 18.4 Å². The molecule has 34 heavy (non-hydrogen) atoms. The van der Waals surface area contributed by atoms with Gasteiger partial charge in [-0.1, -0.05) is 12.1 Å². The number of hydrogen-bond donors (Lipinski definition) is 3. The largest absolute Gasteiger partial charge is 0.445 e. The van der Waals surface area contributed by atoms with Crippen molar-refractivity contribution in [1.82, 2.24) is 20.6 Å². The molecule has 12 heteroatoms. The maximum absolute atomic E-state index is 13.6. The molecule has 2 heterocycles. The molecule has 3 rings (SSSR count). The van der Waals surface area contributed by atoms with Crippen LogP contribution < -0.4 is 16.0 Å². The molecule has 0 aliphatic rings. The minimum absolute atomic E-state index is 0.0805. The molecule has 2 aromatic heterocycles. The maximum Gasteiger partial charge on any atom is 0.292 e. The molecule has 0 saturated carbocycles. The van der Waals surface area contributed by atoms with Gasteiger partial charge in [0.25, 0.3) is 11.6 Å². The van der Waals surface area contributed by atoms with E-state index in [0.717, 1.165) is 0 Å². The summed E-state index contributed by atoms with van der Waals surface area (Å²) in [7, 11) is 0. The van der Waals surface area contributed by atoms with E-state index in [1.807, 2.05) is 0 Å². The SMILES string of the molecule is Cc1oc(CCNCCC(=O)Nc2ccccc2[N+](=O)[O-])nc1C(=O)NCc1ncccc1F. The van der Waals surface area contributed by atoms with Gasteiger partial charge in [-0.3, -0.25) is 24.7 Å². The van der Waals surface area contributed by atoms with Gasteiger partial charge < -0.3 is 20.4 Å². The minimum Gasteiger partial charge on any atom is -0.445 e. The molecule has 0 radical (unpaired) electrons. The van der Waals surface area contributed by atoms with Crippen LogP contribution in [0.5, 0.6) is 0 Å². The Balaban J connectivity index is 1.40. The molecule has 0 saturated heterocycles. The molecule has 0 aliphatic carbocycles. The van der Waals surface area contributed by atoms with E-state index in [2.05, 4.69) is 25.9 Å². The van der Waals surface area contributed by atoms with E-state index < -0.39 is 16.6 Å². The van der Waals surface area contributed by atoms with Gasteiger partial charge >= 0.3 is 0 Å². The van der Waals surface area contributed by atoms with Crippen LogP contribution in [0.15, 0.2) is 47.0 Å². The Bertz CT molecular complexity index is 1180. The minimum atomic E-state index is -0.558. The quantitative estimate of drug-likeness (QED) is 0.220. The number of para-hydroxylation sites is 2. The molecule has 0 unspecified atom stereocenters. The molecular weight excluding hydrogens is 447 g/mol. The number of amides is 2. The number of rotatable bonds is 11. The number of halogens is 1. The second-order valence-corrected chi connectivity index (χ2v) is 7.20. The van der Waals surface area contributed by atoms with Crippen LogP contribution in [0.25, 0.3) is 0 Å². The number of pyridine rings is 1. The molecule has 178 valence electrons. The third-order valence-corrected chi connectivity index (χ3v) is 4.73. The van der Waals surface area contributed by atoms with E-state index in [0.29, 0.717) is 31.2 Å². The standard InChI is InChI=1S/C22H23FN6O5/c1-14-21(22(31)26-13-17-15(23)5-4-10-25-17)28-20(34-14)9-12-24-11-8-19(30)27-16-6-2-3-7-18(16)29(32)33/h2-7,10,24H,8-9,11-13H2,1H3,(H,26,31)(H,27,30). The van der Waals surface area contributed by atoms with Crippen LogP contribution in [-0.4, -0.2) is 39.8 Å². The van der Waals surface area contributed by atoms with Crippen LogP contribution in [0.1, 0.15) is 34.3 Å². The van der Waals surface area contributed by atoms with Gasteiger partial charge in [0.2, 0.25) is 5.91 Å². The van der Waals surface area contributed by atoms with Crippen LogP contribution in [0.3, 0.4) is 0 Å². The van der Waals surface area contributed by atoms with Crippen LogP contribution in [0.4, 0.5) is 15.8 Å². The number of aryl methyl sites for hydroxylation is 1. The van der Waals surface area contributed by atoms with Gasteiger partial charge in [-0.15, -0.1) is 0 Å². The van der Waals surface area contributed by atoms with E-state index in [9.17, 15) is 24.1 Å². The predicted octanol–water partition coefficient (Wildman–Crippen LogP) is 2.52. The Labute approximate surface area is 193 Å². The number of carbonyl (C=O) groups is 2. The number of nitrogens with one attached hydrogen (secondary N) is 3. The highest BCUT2D eigenvalue weighted by atomic mass is 19.1. The Hall–Kier alpha value is -4.19. The number of nitro groups is 1. The summed E-state index contributed by atoms with van der Waals surface area (Å²) in [6, 6.07) is 8.63. The molecule has 0 atom stereocenters. The third-order valence-electron chi connectivity index (χ3n) is 4.73. The zero-order valence-corrected chi connectivity index (χ0v) is 18.3. The molecule has 3 aromatic rings. The van der Waals surface area contributed by atoms with E-state index in [1.165, 1.54) is 36.5 Å². The first-order chi connectivity index (χ1) is 16.3. The monoisotopic (exact) mass is 470 g/mol. The molecule has 0 aliphatic heterocycles. The fraction of sp³-hybridized carbons (Fsp3) is 0.273. The van der Waals surface area contributed by atoms with Gasteiger partial charge in [0, 0.05) is 38.2 Å². The van der Waals surface area contributed by atoms with E-state index in [-0.39, 0.29) is 41.6 Å². The fourth-order valence-electron chi connectivity index (χ4n) is 3.04. The average Bonchev–Trinajstić information content (AvgIpc) is 3.18. The molecule has 11 nitrogen and oxygen atoms in total. The van der Waals surface area contributed by atoms with Crippen molar-refractivity contribution < 1.29 is 23.3 Å². The zero-order valence-electron chi connectivity index (χ0n) is 18.3. The molecule has 0 bridgehead atoms. The van der Waals surface area contributed by atoms with Gasteiger partial charge in [0.15, 0.2) is 11.6 Å². The van der Waals surface area contributed by atoms with Crippen LogP contribution in [0, 0.1) is 22.9 Å². The lowest BCUT2D eigenvalue weighted by atomic mass is 10.2. The van der Waals surface area contributed by atoms with Crippen molar-refractivity contribution in [1.29, 1.82) is 0 Å². The van der Waals surface area contributed by atoms with E-state index >= 15 is 0 Å². The van der Waals surface area contributed by atoms with Crippen molar-refractivity contribution in [2.24, 2.45) is 0 Å². The molecule has 1 aromatic carbocycles. The lowest BCUT2D eigenvalue weighted by molar-refractivity contribution is -0.383. The number of aromatic nitrogens is 2. The number of benzene rings is 1. The Morgan fingerprint density at radius 3 is 2.74 bits per heavy atom. The van der Waals surface area contributed by atoms with E-state index in [4.69, 9.17) is 4.42 Å². The van der Waals surface area contributed by atoms with Crippen LogP contribution in [-0.2, 0) is 17.8 Å². The summed E-state index contributed by atoms with van der Waals surface area (Å²) in [6.07, 6.45) is 1.91. The Morgan fingerprint density at radius 1 is 1.18 bits per heavy atom. The summed E-state index contributed by atoms with van der Waals surface area (Å²) in [5.74, 6) is -0.710. The molecular formula is C22H23FN6O5. The second-order valence-electron chi connectivity index (χ2n) is 7.20. The summed E-state index contributed by atoms with van der Waals surface area (Å²) in [4.78, 5) is 42.9. The lowest BCUT2D eigenvalue weighted by Gasteiger charge is -2.06. The molecule has 0 fully saturated rings. The molecule has 3 N–H and O–H groups in total. The third kappa shape index (κ3) is 6.65. The smallest absolute Gasteiger partial charge is 0.292 e. The second kappa shape index (κ2) is 11.6. The highest BCUT2D eigenvalue weighted by molar-refractivity contribution is 5.93. The van der Waals surface area contributed by atoms with E-state index in [1.54, 1.807) is 13.0 Å². The number of hydrogen-bond acceptors (Lipinski definition) is 8. The first-order valence-corrected chi connectivity index (χ1v) is 10.4. The Kier molecular flexibility index (Phi) is 8.35. The van der Waals surface area contributed by atoms with Gasteiger partial charge in [-0.25, -0.2) is 9.37 Å². The topological polar surface area (TPSA) is 152 Å². The van der Waals surface area contributed by atoms with Crippen molar-refractivity contribution >= 4 is 23.2 Å². The fourth-order valence-corrected chi connectivity index (χ4v) is 3.04. The number of nitro benzene ring substituents is 1. The summed E-state index contributed by atoms with van der Waals surface area (Å²) >= 11 is 0. The highest BCUT2D eigenvalue weighted by Crippen LogP contribution is 2.23. The summed E-state index contributed by atoms with van der Waals surface area (Å²) in [6.45, 7) is 2.28. The first kappa shape index (κ1) is 24.5. The van der Waals surface area contributed by atoms with Crippen molar-refractivity contribution in [3.05, 3.63) is 81.6 Å². The van der Waals surface area contributed by atoms with Crippen LogP contribution >= 0.6 is 0 Å². The van der Waals surface area contributed by atoms with Gasteiger partial charge in [-0.05, 0) is 25.1 Å². The molecule has 2 amide bonds. The maximum atomic E-state index is 13.6. The zero-order chi connectivity index (χ0) is 24.5. The lowest BCUT2D eigenvalue weighted by Crippen LogP contribution is -2.25. The van der Waals surface area contributed by atoms with Gasteiger partial charge in [-0.2, -0.15) is 0 Å². The summed E-state index contributed by atoms with van der Waals surface area (Å²) in [5, 5.41) is 19.1. The summed E-state index contributed by atoms with van der Waals surface area (Å²) < 4.78 is 19.1. The van der Waals surface area contributed by atoms with Crippen molar-refractivity contribution in [3.63, 3.8) is 0 Å². The number of oxazole rings is 1. The average molecular weight is 470 g/mol. The number of carbonyl (C=O) groups excluding carboxylic acids is 2. The normalized spacial score (nSPS) is 10.6. The highest BCUT2D eigenvalue weighted by Gasteiger charge is 2.18. The van der Waals surface area contributed by atoms with Gasteiger partial charge in [0.1, 0.15) is 17.3 Å². The number of anilines is 1.